The minimum Gasteiger partial charge on any atom is -0.330 e. The van der Waals surface area contributed by atoms with Gasteiger partial charge >= 0.3 is 0 Å². The lowest BCUT2D eigenvalue weighted by Crippen LogP contribution is -2.62. The van der Waals surface area contributed by atoms with Crippen molar-refractivity contribution in [2.45, 2.75) is 63.3 Å². The lowest BCUT2D eigenvalue weighted by atomic mass is 9.46. The maximum Gasteiger partial charge on any atom is 0.0220 e. The van der Waals surface area contributed by atoms with E-state index in [0.29, 0.717) is 11.0 Å². The molecule has 18 heavy (non-hydrogen) atoms. The van der Waals surface area contributed by atoms with Crippen molar-refractivity contribution in [3.8, 4) is 0 Å². The molecule has 102 valence electrons. The minimum absolute atomic E-state index is 0.621. The summed E-state index contributed by atoms with van der Waals surface area (Å²) in [6, 6.07) is 0. The Balaban J connectivity index is 1.65. The van der Waals surface area contributed by atoms with Gasteiger partial charge in [-0.15, -0.1) is 0 Å². The summed E-state index contributed by atoms with van der Waals surface area (Å²) in [4.78, 5) is 2.90. The van der Waals surface area contributed by atoms with Crippen LogP contribution in [0.15, 0.2) is 0 Å². The molecule has 4 aliphatic carbocycles. The van der Waals surface area contributed by atoms with Crippen LogP contribution in [0.2, 0.25) is 0 Å². The number of hydrogen-bond donors (Lipinski definition) is 1. The monoisotopic (exact) mass is 248 g/mol. The average Bonchev–Trinajstić information content (AvgIpc) is 2.80. The third-order valence-corrected chi connectivity index (χ3v) is 6.60. The van der Waals surface area contributed by atoms with Crippen molar-refractivity contribution in [2.75, 3.05) is 19.6 Å². The molecule has 1 aliphatic heterocycles. The van der Waals surface area contributed by atoms with Crippen molar-refractivity contribution in [3.63, 3.8) is 0 Å². The highest BCUT2D eigenvalue weighted by Gasteiger charge is 2.59. The maximum atomic E-state index is 5.93. The third kappa shape index (κ3) is 1.61. The number of hydrogen-bond acceptors (Lipinski definition) is 2. The van der Waals surface area contributed by atoms with Gasteiger partial charge in [-0.05, 0) is 94.7 Å². The predicted molar refractivity (Wildman–Crippen MR) is 74.3 cm³/mol. The van der Waals surface area contributed by atoms with E-state index in [-0.39, 0.29) is 0 Å². The summed E-state index contributed by atoms with van der Waals surface area (Å²) in [5, 5.41) is 0. The summed E-state index contributed by atoms with van der Waals surface area (Å²) in [6.45, 7) is 3.69. The quantitative estimate of drug-likeness (QED) is 0.832. The van der Waals surface area contributed by atoms with Crippen LogP contribution in [0.25, 0.3) is 0 Å². The standard InChI is InChI=1S/C16H28N2/c17-4-3-15-8-13-7-14(9-15)11-16(10-13,12-15)18-5-1-2-6-18/h13-14H,1-12,17H2. The SMILES string of the molecule is NCCC12CC3CC(C1)CC(N1CCCC1)(C3)C2. The zero-order valence-electron chi connectivity index (χ0n) is 11.7. The summed E-state index contributed by atoms with van der Waals surface area (Å²) < 4.78 is 0. The van der Waals surface area contributed by atoms with Crippen LogP contribution in [0.5, 0.6) is 0 Å². The van der Waals surface area contributed by atoms with Crippen LogP contribution in [0, 0.1) is 17.3 Å². The summed E-state index contributed by atoms with van der Waals surface area (Å²) in [5.74, 6) is 2.08. The zero-order chi connectivity index (χ0) is 12.2. The molecular formula is C16H28N2. The Bertz CT molecular complexity index is 318. The van der Waals surface area contributed by atoms with E-state index in [2.05, 4.69) is 4.90 Å². The smallest absolute Gasteiger partial charge is 0.0220 e. The van der Waals surface area contributed by atoms with Gasteiger partial charge in [0.1, 0.15) is 0 Å². The largest absolute Gasteiger partial charge is 0.330 e. The fraction of sp³-hybridized carbons (Fsp3) is 1.00. The molecule has 2 unspecified atom stereocenters. The van der Waals surface area contributed by atoms with Gasteiger partial charge in [-0.2, -0.15) is 0 Å². The van der Waals surface area contributed by atoms with Crippen LogP contribution in [-0.2, 0) is 0 Å². The van der Waals surface area contributed by atoms with Gasteiger partial charge in [0, 0.05) is 5.54 Å². The Morgan fingerprint density at radius 2 is 1.67 bits per heavy atom. The Morgan fingerprint density at radius 3 is 2.28 bits per heavy atom. The molecule has 4 saturated carbocycles. The maximum absolute atomic E-state index is 5.93. The molecule has 1 saturated heterocycles. The van der Waals surface area contributed by atoms with Gasteiger partial charge in [0.25, 0.3) is 0 Å². The van der Waals surface area contributed by atoms with Crippen molar-refractivity contribution in [1.82, 2.24) is 4.90 Å². The highest BCUT2D eigenvalue weighted by molar-refractivity contribution is 5.12. The van der Waals surface area contributed by atoms with Crippen LogP contribution in [0.4, 0.5) is 0 Å². The molecular weight excluding hydrogens is 220 g/mol. The van der Waals surface area contributed by atoms with Crippen LogP contribution in [0.3, 0.4) is 0 Å². The minimum atomic E-state index is 0.621. The fourth-order valence-electron chi connectivity index (χ4n) is 6.56. The molecule has 0 aromatic carbocycles. The van der Waals surface area contributed by atoms with Gasteiger partial charge in [-0.25, -0.2) is 0 Å². The summed E-state index contributed by atoms with van der Waals surface area (Å²) >= 11 is 0. The summed E-state index contributed by atoms with van der Waals surface area (Å²) in [6.07, 6.45) is 13.3. The van der Waals surface area contributed by atoms with Gasteiger partial charge in [0.15, 0.2) is 0 Å². The molecule has 4 bridgehead atoms. The first kappa shape index (κ1) is 11.7. The van der Waals surface area contributed by atoms with Crippen molar-refractivity contribution in [3.05, 3.63) is 0 Å². The summed E-state index contributed by atoms with van der Waals surface area (Å²) in [7, 11) is 0. The molecule has 0 aromatic rings. The second-order valence-corrected chi connectivity index (χ2v) is 7.92. The molecule has 5 rings (SSSR count). The fourth-order valence-corrected chi connectivity index (χ4v) is 6.56. The van der Waals surface area contributed by atoms with Crippen molar-refractivity contribution >= 4 is 0 Å². The van der Waals surface area contributed by atoms with E-state index in [1.165, 1.54) is 64.5 Å². The Morgan fingerprint density at radius 1 is 1.00 bits per heavy atom. The Kier molecular flexibility index (Phi) is 2.58. The average molecular weight is 248 g/mol. The highest BCUT2D eigenvalue weighted by atomic mass is 15.2. The first-order valence-corrected chi connectivity index (χ1v) is 8.19. The van der Waals surface area contributed by atoms with Crippen LogP contribution in [0.1, 0.15) is 57.8 Å². The van der Waals surface area contributed by atoms with Crippen molar-refractivity contribution < 1.29 is 0 Å². The van der Waals surface area contributed by atoms with Gasteiger partial charge in [-0.3, -0.25) is 4.90 Å². The lowest BCUT2D eigenvalue weighted by molar-refractivity contribution is -0.129. The number of rotatable bonds is 3. The van der Waals surface area contributed by atoms with Crippen molar-refractivity contribution in [2.24, 2.45) is 23.0 Å². The van der Waals surface area contributed by atoms with Gasteiger partial charge < -0.3 is 5.73 Å². The second kappa shape index (κ2) is 3.96. The van der Waals surface area contributed by atoms with Crippen molar-refractivity contribution in [1.29, 1.82) is 0 Å². The molecule has 1 heterocycles. The van der Waals surface area contributed by atoms with Gasteiger partial charge in [-0.1, -0.05) is 0 Å². The summed E-state index contributed by atoms with van der Waals surface area (Å²) in [5.41, 5.74) is 7.21. The Labute approximate surface area is 111 Å². The van der Waals surface area contributed by atoms with Crippen LogP contribution < -0.4 is 5.73 Å². The molecule has 0 aromatic heterocycles. The van der Waals surface area contributed by atoms with E-state index in [1.807, 2.05) is 0 Å². The normalized spacial score (nSPS) is 51.2. The molecule has 0 amide bonds. The van der Waals surface area contributed by atoms with Gasteiger partial charge in [0.2, 0.25) is 0 Å². The number of nitrogens with zero attached hydrogens (tertiary/aromatic N) is 1. The van der Waals surface area contributed by atoms with E-state index in [4.69, 9.17) is 5.73 Å². The van der Waals surface area contributed by atoms with Crippen LogP contribution >= 0.6 is 0 Å². The number of nitrogens with two attached hydrogens (primary N) is 1. The molecule has 5 aliphatic rings. The Hall–Kier alpha value is -0.0800. The van der Waals surface area contributed by atoms with Crippen LogP contribution in [-0.4, -0.2) is 30.1 Å². The predicted octanol–water partition coefficient (Wildman–Crippen LogP) is 2.77. The molecule has 0 spiro atoms. The molecule has 2 heteroatoms. The molecule has 2 nitrogen and oxygen atoms in total. The van der Waals surface area contributed by atoms with E-state index in [1.54, 1.807) is 6.42 Å². The molecule has 2 atom stereocenters. The first-order valence-electron chi connectivity index (χ1n) is 8.19. The number of likely N-dealkylation sites (tertiary alicyclic amines) is 1. The van der Waals surface area contributed by atoms with E-state index in [0.717, 1.165) is 18.4 Å². The first-order chi connectivity index (χ1) is 8.74. The van der Waals surface area contributed by atoms with E-state index < -0.39 is 0 Å². The highest BCUT2D eigenvalue weighted by Crippen LogP contribution is 2.64. The van der Waals surface area contributed by atoms with Gasteiger partial charge in [0.05, 0.1) is 0 Å². The second-order valence-electron chi connectivity index (χ2n) is 7.92. The molecule has 0 radical (unpaired) electrons. The van der Waals surface area contributed by atoms with E-state index >= 15 is 0 Å². The zero-order valence-corrected chi connectivity index (χ0v) is 11.7. The topological polar surface area (TPSA) is 29.3 Å². The molecule has 2 N–H and O–H groups in total. The lowest BCUT2D eigenvalue weighted by Gasteiger charge is -2.65. The van der Waals surface area contributed by atoms with E-state index in [9.17, 15) is 0 Å². The third-order valence-electron chi connectivity index (χ3n) is 6.60. The molecule has 5 fully saturated rings.